The number of aliphatic carboxylic acids is 2. The smallest absolute Gasteiger partial charge is 0.326 e. The zero-order valence-electron chi connectivity index (χ0n) is 17.8. The zero-order chi connectivity index (χ0) is 23.3. The van der Waals surface area contributed by atoms with E-state index in [0.29, 0.717) is 10.6 Å². The largest absolute Gasteiger partial charge is 0.481 e. The van der Waals surface area contributed by atoms with Gasteiger partial charge in [-0.05, 0) is 43.4 Å². The molecule has 0 spiro atoms. The van der Waals surface area contributed by atoms with Crippen molar-refractivity contribution >= 4 is 35.4 Å². The molecule has 0 fully saturated rings. The molecule has 0 aliphatic carbocycles. The Balaban J connectivity index is 3.04. The number of carboxylic acid groups (broad SMARTS) is 2. The summed E-state index contributed by atoms with van der Waals surface area (Å²) >= 11 is 5.91. The van der Waals surface area contributed by atoms with Crippen molar-refractivity contribution in [2.45, 2.75) is 65.0 Å². The van der Waals surface area contributed by atoms with E-state index in [9.17, 15) is 24.3 Å². The van der Waals surface area contributed by atoms with Gasteiger partial charge in [0.1, 0.15) is 12.1 Å². The summed E-state index contributed by atoms with van der Waals surface area (Å²) in [6.45, 7) is 8.62. The molecule has 0 aliphatic heterocycles. The van der Waals surface area contributed by atoms with Gasteiger partial charge in [-0.25, -0.2) is 4.79 Å². The maximum absolute atomic E-state index is 13.0. The highest BCUT2D eigenvalue weighted by molar-refractivity contribution is 6.30. The number of halogens is 1. The van der Waals surface area contributed by atoms with Crippen molar-refractivity contribution in [1.82, 2.24) is 10.6 Å². The van der Waals surface area contributed by atoms with E-state index in [-0.39, 0.29) is 6.42 Å². The van der Waals surface area contributed by atoms with E-state index in [0.717, 1.165) is 0 Å². The topological polar surface area (TPSA) is 133 Å². The fraction of sp³-hybridized carbons (Fsp3) is 0.524. The summed E-state index contributed by atoms with van der Waals surface area (Å²) in [7, 11) is 0. The van der Waals surface area contributed by atoms with Gasteiger partial charge in [0.2, 0.25) is 11.8 Å². The van der Waals surface area contributed by atoms with Gasteiger partial charge in [0.25, 0.3) is 0 Å². The second-order valence-corrected chi connectivity index (χ2v) is 9.17. The number of benzene rings is 1. The molecule has 166 valence electrons. The van der Waals surface area contributed by atoms with Crippen LogP contribution in [0.15, 0.2) is 24.3 Å². The van der Waals surface area contributed by atoms with Crippen LogP contribution in [0.5, 0.6) is 0 Å². The minimum Gasteiger partial charge on any atom is -0.481 e. The average Bonchev–Trinajstić information content (AvgIpc) is 2.61. The first kappa shape index (κ1) is 25.4. The second kappa shape index (κ2) is 9.93. The molecule has 0 saturated heterocycles. The van der Waals surface area contributed by atoms with Crippen LogP contribution in [0.2, 0.25) is 5.02 Å². The molecule has 2 atom stereocenters. The lowest BCUT2D eigenvalue weighted by molar-refractivity contribution is -0.144. The minimum absolute atomic E-state index is 0.266. The van der Waals surface area contributed by atoms with Gasteiger partial charge in [0, 0.05) is 11.4 Å². The Kier molecular flexibility index (Phi) is 8.42. The summed E-state index contributed by atoms with van der Waals surface area (Å²) in [5.41, 5.74) is -1.02. The fourth-order valence-corrected chi connectivity index (χ4v) is 2.89. The quantitative estimate of drug-likeness (QED) is 0.466. The molecule has 1 aromatic carbocycles. The van der Waals surface area contributed by atoms with Gasteiger partial charge in [-0.1, -0.05) is 44.5 Å². The molecule has 0 saturated carbocycles. The van der Waals surface area contributed by atoms with Crippen LogP contribution in [-0.4, -0.2) is 46.0 Å². The number of rotatable bonds is 9. The lowest BCUT2D eigenvalue weighted by Gasteiger charge is -2.34. The van der Waals surface area contributed by atoms with Crippen molar-refractivity contribution < 1.29 is 29.4 Å². The Morgan fingerprint density at radius 2 is 1.50 bits per heavy atom. The number of amides is 2. The number of carbonyl (C=O) groups is 4. The summed E-state index contributed by atoms with van der Waals surface area (Å²) in [5, 5.41) is 23.7. The van der Waals surface area contributed by atoms with Gasteiger partial charge in [-0.2, -0.15) is 0 Å². The highest BCUT2D eigenvalue weighted by Crippen LogP contribution is 2.27. The van der Waals surface area contributed by atoms with Crippen molar-refractivity contribution in [2.75, 3.05) is 0 Å². The van der Waals surface area contributed by atoms with Gasteiger partial charge in [0.15, 0.2) is 0 Å². The predicted molar refractivity (Wildman–Crippen MR) is 112 cm³/mol. The fourth-order valence-electron chi connectivity index (χ4n) is 2.76. The zero-order valence-corrected chi connectivity index (χ0v) is 18.5. The van der Waals surface area contributed by atoms with Crippen LogP contribution in [0.4, 0.5) is 0 Å². The van der Waals surface area contributed by atoms with Crippen molar-refractivity contribution in [3.05, 3.63) is 34.9 Å². The Morgan fingerprint density at radius 1 is 0.967 bits per heavy atom. The molecule has 9 heteroatoms. The van der Waals surface area contributed by atoms with E-state index >= 15 is 0 Å². The van der Waals surface area contributed by atoms with Crippen LogP contribution < -0.4 is 10.6 Å². The predicted octanol–water partition coefficient (Wildman–Crippen LogP) is 2.58. The molecule has 0 unspecified atom stereocenters. The van der Waals surface area contributed by atoms with Crippen molar-refractivity contribution in [2.24, 2.45) is 5.41 Å². The highest BCUT2D eigenvalue weighted by atomic mass is 35.5. The number of nitrogens with one attached hydrogen (secondary N) is 2. The van der Waals surface area contributed by atoms with E-state index in [4.69, 9.17) is 16.7 Å². The highest BCUT2D eigenvalue weighted by Gasteiger charge is 2.39. The van der Waals surface area contributed by atoms with Gasteiger partial charge in [0.05, 0.1) is 5.41 Å². The van der Waals surface area contributed by atoms with Crippen molar-refractivity contribution in [3.8, 4) is 0 Å². The monoisotopic (exact) mass is 440 g/mol. The van der Waals surface area contributed by atoms with Crippen LogP contribution in [-0.2, 0) is 24.6 Å². The molecule has 8 nitrogen and oxygen atoms in total. The van der Waals surface area contributed by atoms with E-state index in [2.05, 4.69) is 10.6 Å². The maximum Gasteiger partial charge on any atom is 0.326 e. The molecule has 0 heterocycles. The van der Waals surface area contributed by atoms with E-state index in [1.54, 1.807) is 58.9 Å². The maximum atomic E-state index is 13.0. The van der Waals surface area contributed by atoms with Crippen LogP contribution in [0.3, 0.4) is 0 Å². The minimum atomic E-state index is -1.38. The van der Waals surface area contributed by atoms with Gasteiger partial charge in [-0.15, -0.1) is 0 Å². The Morgan fingerprint density at radius 3 is 1.93 bits per heavy atom. The number of hydrogen-bond donors (Lipinski definition) is 4. The number of carboxylic acids is 2. The summed E-state index contributed by atoms with van der Waals surface area (Å²) in [6, 6.07) is 4.36. The molecule has 30 heavy (non-hydrogen) atoms. The number of hydrogen-bond acceptors (Lipinski definition) is 4. The van der Waals surface area contributed by atoms with Gasteiger partial charge in [-0.3, -0.25) is 14.4 Å². The normalized spacial score (nSPS) is 13.8. The molecule has 0 aromatic heterocycles. The summed E-state index contributed by atoms with van der Waals surface area (Å²) in [4.78, 5) is 48.0. The van der Waals surface area contributed by atoms with E-state index in [1.165, 1.54) is 0 Å². The molecule has 1 aromatic rings. The third-order valence-electron chi connectivity index (χ3n) is 4.80. The first-order valence-electron chi connectivity index (χ1n) is 9.48. The molecule has 1 rings (SSSR count). The van der Waals surface area contributed by atoms with Crippen molar-refractivity contribution in [1.29, 1.82) is 0 Å². The first-order valence-corrected chi connectivity index (χ1v) is 9.86. The SMILES string of the molecule is CC(C)(C(=O)N[C@H](C(=O)N[C@H](CCC(=O)O)C(=O)O)C(C)(C)C)c1ccc(Cl)cc1. The second-order valence-electron chi connectivity index (χ2n) is 8.74. The Hall–Kier alpha value is -2.61. The summed E-state index contributed by atoms with van der Waals surface area (Å²) < 4.78 is 0. The van der Waals surface area contributed by atoms with Crippen LogP contribution in [0.1, 0.15) is 53.0 Å². The third kappa shape index (κ3) is 7.02. The molecule has 0 bridgehead atoms. The van der Waals surface area contributed by atoms with Crippen LogP contribution in [0, 0.1) is 5.41 Å². The van der Waals surface area contributed by atoms with E-state index in [1.807, 2.05) is 0 Å². The van der Waals surface area contributed by atoms with Crippen LogP contribution >= 0.6 is 11.6 Å². The van der Waals surface area contributed by atoms with Gasteiger partial charge < -0.3 is 20.8 Å². The standard InChI is InChI=1S/C21H29ClN2O6/c1-20(2,3)16(17(27)23-14(18(28)29)10-11-15(25)26)24-19(30)21(4,5)12-6-8-13(22)9-7-12/h6-9,14,16H,10-11H2,1-5H3,(H,23,27)(H,24,30)(H,25,26)(H,28,29)/t14-,16-/m1/s1. The van der Waals surface area contributed by atoms with E-state index < -0.39 is 53.1 Å². The molecule has 2 amide bonds. The molecular formula is C21H29ClN2O6. The summed E-state index contributed by atoms with van der Waals surface area (Å²) in [5.74, 6) is -3.62. The lowest BCUT2D eigenvalue weighted by Crippen LogP contribution is -2.59. The molecule has 0 aliphatic rings. The first-order chi connectivity index (χ1) is 13.7. The third-order valence-corrected chi connectivity index (χ3v) is 5.05. The van der Waals surface area contributed by atoms with Gasteiger partial charge >= 0.3 is 11.9 Å². The Bertz CT molecular complexity index is 799. The number of carbonyl (C=O) groups excluding carboxylic acids is 2. The average molecular weight is 441 g/mol. The van der Waals surface area contributed by atoms with Crippen LogP contribution in [0.25, 0.3) is 0 Å². The molecular weight excluding hydrogens is 412 g/mol. The lowest BCUT2D eigenvalue weighted by atomic mass is 9.81. The van der Waals surface area contributed by atoms with Crippen molar-refractivity contribution in [3.63, 3.8) is 0 Å². The Labute approximate surface area is 181 Å². The molecule has 4 N–H and O–H groups in total. The molecule has 0 radical (unpaired) electrons. The summed E-state index contributed by atoms with van der Waals surface area (Å²) in [6.07, 6.45) is -0.676.